The molecule has 0 unspecified atom stereocenters. The molecule has 0 spiro atoms. The van der Waals surface area contributed by atoms with Crippen LogP contribution in [0, 0.1) is 5.92 Å². The Labute approximate surface area is 121 Å². The van der Waals surface area contributed by atoms with Crippen molar-refractivity contribution in [3.05, 3.63) is 0 Å². The topological polar surface area (TPSA) is 75.7 Å². The standard InChI is InChI=1S/C13H26N2O4S/c1-10(2)11(14-12(16)19-13(3,4)5)9-15-7-6-8-20(15,17)18/h10-11H,6-9H2,1-5H3,(H,14,16)/t11-/m0/s1. The van der Waals surface area contributed by atoms with Crippen LogP contribution in [0.25, 0.3) is 0 Å². The average molecular weight is 306 g/mol. The number of carbonyl (C=O) groups excluding carboxylic acids is 1. The second-order valence-electron chi connectivity index (χ2n) is 6.52. The first-order chi connectivity index (χ1) is 9.01. The van der Waals surface area contributed by atoms with Gasteiger partial charge in [-0.05, 0) is 33.1 Å². The lowest BCUT2D eigenvalue weighted by Gasteiger charge is -2.28. The van der Waals surface area contributed by atoms with Crippen LogP contribution in [0.4, 0.5) is 4.79 Å². The fraction of sp³-hybridized carbons (Fsp3) is 0.923. The molecule has 0 bridgehead atoms. The van der Waals surface area contributed by atoms with Crippen LogP contribution in [0.3, 0.4) is 0 Å². The minimum atomic E-state index is -3.15. The van der Waals surface area contributed by atoms with Crippen LogP contribution < -0.4 is 5.32 Å². The van der Waals surface area contributed by atoms with Crippen molar-refractivity contribution in [3.63, 3.8) is 0 Å². The summed E-state index contributed by atoms with van der Waals surface area (Å²) in [6.45, 7) is 10.1. The fourth-order valence-electron chi connectivity index (χ4n) is 2.00. The summed E-state index contributed by atoms with van der Waals surface area (Å²) in [5.74, 6) is 0.322. The average Bonchev–Trinajstić information content (AvgIpc) is 2.54. The summed E-state index contributed by atoms with van der Waals surface area (Å²) in [6.07, 6.45) is 0.146. The van der Waals surface area contributed by atoms with E-state index >= 15 is 0 Å². The Kier molecular flexibility index (Phi) is 5.43. The smallest absolute Gasteiger partial charge is 0.407 e. The first-order valence-corrected chi connectivity index (χ1v) is 8.59. The van der Waals surface area contributed by atoms with Gasteiger partial charge in [-0.25, -0.2) is 13.2 Å². The molecule has 1 aliphatic rings. The van der Waals surface area contributed by atoms with Gasteiger partial charge in [0.15, 0.2) is 0 Å². The van der Waals surface area contributed by atoms with E-state index in [9.17, 15) is 13.2 Å². The summed E-state index contributed by atoms with van der Waals surface area (Å²) in [6, 6.07) is -0.252. The quantitative estimate of drug-likeness (QED) is 0.855. The first-order valence-electron chi connectivity index (χ1n) is 6.98. The van der Waals surface area contributed by atoms with Gasteiger partial charge in [0.1, 0.15) is 5.60 Å². The third kappa shape index (κ3) is 5.28. The van der Waals surface area contributed by atoms with Gasteiger partial charge in [-0.1, -0.05) is 13.8 Å². The maximum Gasteiger partial charge on any atom is 0.407 e. The Morgan fingerprint density at radius 2 is 1.95 bits per heavy atom. The third-order valence-electron chi connectivity index (χ3n) is 3.11. The Balaban J connectivity index is 2.64. The van der Waals surface area contributed by atoms with E-state index in [1.54, 1.807) is 20.8 Å². The molecule has 1 rings (SSSR count). The van der Waals surface area contributed by atoms with E-state index in [0.29, 0.717) is 19.5 Å². The highest BCUT2D eigenvalue weighted by Crippen LogP contribution is 2.16. The molecule has 0 aromatic heterocycles. The van der Waals surface area contributed by atoms with Crippen LogP contribution in [0.5, 0.6) is 0 Å². The lowest BCUT2D eigenvalue weighted by Crippen LogP contribution is -2.48. The van der Waals surface area contributed by atoms with Crippen molar-refractivity contribution in [2.24, 2.45) is 5.92 Å². The van der Waals surface area contributed by atoms with Crippen LogP contribution in [-0.2, 0) is 14.8 Å². The van der Waals surface area contributed by atoms with E-state index in [1.807, 2.05) is 13.8 Å². The summed E-state index contributed by atoms with van der Waals surface area (Å²) in [7, 11) is -3.15. The number of hydrogen-bond donors (Lipinski definition) is 1. The molecule has 1 heterocycles. The number of rotatable bonds is 4. The molecule has 1 fully saturated rings. The van der Waals surface area contributed by atoms with Crippen LogP contribution >= 0.6 is 0 Å². The molecule has 0 aromatic carbocycles. The summed E-state index contributed by atoms with van der Waals surface area (Å²) >= 11 is 0. The molecule has 20 heavy (non-hydrogen) atoms. The van der Waals surface area contributed by atoms with Crippen molar-refractivity contribution in [1.29, 1.82) is 0 Å². The molecule has 6 nitrogen and oxygen atoms in total. The van der Waals surface area contributed by atoms with Crippen molar-refractivity contribution in [2.75, 3.05) is 18.8 Å². The van der Waals surface area contributed by atoms with E-state index in [-0.39, 0.29) is 17.7 Å². The van der Waals surface area contributed by atoms with E-state index in [1.165, 1.54) is 4.31 Å². The highest BCUT2D eigenvalue weighted by molar-refractivity contribution is 7.89. The zero-order chi connectivity index (χ0) is 15.6. The minimum absolute atomic E-state index is 0.123. The molecule has 1 atom stereocenters. The van der Waals surface area contributed by atoms with Crippen molar-refractivity contribution >= 4 is 16.1 Å². The monoisotopic (exact) mass is 306 g/mol. The van der Waals surface area contributed by atoms with Crippen molar-refractivity contribution < 1.29 is 17.9 Å². The van der Waals surface area contributed by atoms with Crippen LogP contribution in [0.1, 0.15) is 41.0 Å². The lowest BCUT2D eigenvalue weighted by molar-refractivity contribution is 0.0483. The molecular weight excluding hydrogens is 280 g/mol. The van der Waals surface area contributed by atoms with Crippen LogP contribution in [0.2, 0.25) is 0 Å². The van der Waals surface area contributed by atoms with E-state index < -0.39 is 21.7 Å². The Bertz CT molecular complexity index is 440. The second-order valence-corrected chi connectivity index (χ2v) is 8.61. The molecule has 118 valence electrons. The van der Waals surface area contributed by atoms with Gasteiger partial charge in [0, 0.05) is 19.1 Å². The summed E-state index contributed by atoms with van der Waals surface area (Å²) in [4.78, 5) is 11.8. The number of nitrogens with one attached hydrogen (secondary N) is 1. The summed E-state index contributed by atoms with van der Waals surface area (Å²) < 4.78 is 30.3. The third-order valence-corrected chi connectivity index (χ3v) is 5.03. The molecule has 0 radical (unpaired) electrons. The number of sulfonamides is 1. The van der Waals surface area contributed by atoms with Crippen LogP contribution in [-0.4, -0.2) is 49.3 Å². The highest BCUT2D eigenvalue weighted by atomic mass is 32.2. The highest BCUT2D eigenvalue weighted by Gasteiger charge is 2.32. The predicted molar refractivity (Wildman–Crippen MR) is 78.0 cm³/mol. The summed E-state index contributed by atoms with van der Waals surface area (Å²) in [5, 5.41) is 2.77. The Morgan fingerprint density at radius 1 is 1.35 bits per heavy atom. The van der Waals surface area contributed by atoms with Crippen molar-refractivity contribution in [3.8, 4) is 0 Å². The maximum absolute atomic E-state index is 11.8. The van der Waals surface area contributed by atoms with E-state index in [4.69, 9.17) is 4.74 Å². The van der Waals surface area contributed by atoms with Gasteiger partial charge in [-0.3, -0.25) is 0 Å². The molecule has 0 saturated carbocycles. The van der Waals surface area contributed by atoms with Gasteiger partial charge in [0.25, 0.3) is 0 Å². The number of carbonyl (C=O) groups is 1. The number of hydrogen-bond acceptors (Lipinski definition) is 4. The van der Waals surface area contributed by atoms with Gasteiger partial charge in [-0.15, -0.1) is 0 Å². The number of nitrogens with zero attached hydrogens (tertiary/aromatic N) is 1. The fourth-order valence-corrected chi connectivity index (χ4v) is 3.54. The number of ether oxygens (including phenoxy) is 1. The largest absolute Gasteiger partial charge is 0.444 e. The zero-order valence-corrected chi connectivity index (χ0v) is 13.8. The molecule has 1 N–H and O–H groups in total. The van der Waals surface area contributed by atoms with Crippen molar-refractivity contribution in [2.45, 2.75) is 52.7 Å². The first kappa shape index (κ1) is 17.2. The zero-order valence-electron chi connectivity index (χ0n) is 13.0. The molecule has 7 heteroatoms. The molecule has 1 saturated heterocycles. The van der Waals surface area contributed by atoms with Gasteiger partial charge in [0.2, 0.25) is 10.0 Å². The van der Waals surface area contributed by atoms with Gasteiger partial charge in [-0.2, -0.15) is 4.31 Å². The van der Waals surface area contributed by atoms with Crippen molar-refractivity contribution in [1.82, 2.24) is 9.62 Å². The maximum atomic E-state index is 11.8. The molecule has 1 aliphatic heterocycles. The van der Waals surface area contributed by atoms with Crippen LogP contribution in [0.15, 0.2) is 0 Å². The Morgan fingerprint density at radius 3 is 2.35 bits per heavy atom. The molecule has 0 aromatic rings. The van der Waals surface area contributed by atoms with Gasteiger partial charge in [0.05, 0.1) is 5.75 Å². The minimum Gasteiger partial charge on any atom is -0.444 e. The molecular formula is C13H26N2O4S. The number of alkyl carbamates (subject to hydrolysis) is 1. The van der Waals surface area contributed by atoms with Gasteiger partial charge < -0.3 is 10.1 Å². The molecule has 0 aliphatic carbocycles. The normalized spacial score (nSPS) is 20.9. The number of amides is 1. The van der Waals surface area contributed by atoms with Gasteiger partial charge >= 0.3 is 6.09 Å². The second kappa shape index (κ2) is 6.30. The van der Waals surface area contributed by atoms with E-state index in [2.05, 4.69) is 5.32 Å². The summed E-state index contributed by atoms with van der Waals surface area (Å²) in [5.41, 5.74) is -0.564. The SMILES string of the molecule is CC(C)[C@H](CN1CCCS1(=O)=O)NC(=O)OC(C)(C)C. The van der Waals surface area contributed by atoms with E-state index in [0.717, 1.165) is 0 Å². The Hall–Kier alpha value is -0.820. The lowest BCUT2D eigenvalue weighted by atomic mass is 10.0. The predicted octanol–water partition coefficient (Wildman–Crippen LogP) is 1.57. The molecule has 1 amide bonds.